The van der Waals surface area contributed by atoms with Crippen LogP contribution in [-0.2, 0) is 20.9 Å². The highest BCUT2D eigenvalue weighted by atomic mass is 16.5. The van der Waals surface area contributed by atoms with Crippen molar-refractivity contribution >= 4 is 29.2 Å². The Morgan fingerprint density at radius 1 is 1.09 bits per heavy atom. The van der Waals surface area contributed by atoms with Crippen LogP contribution < -0.4 is 21.1 Å². The zero-order valence-corrected chi connectivity index (χ0v) is 18.8. The Morgan fingerprint density at radius 3 is 2.67 bits per heavy atom. The quantitative estimate of drug-likeness (QED) is 0.528. The number of esters is 1. The van der Waals surface area contributed by atoms with E-state index in [1.54, 1.807) is 37.3 Å². The first-order valence-corrected chi connectivity index (χ1v) is 11.3. The van der Waals surface area contributed by atoms with Gasteiger partial charge in [0.1, 0.15) is 0 Å². The second-order valence-electron chi connectivity index (χ2n) is 8.37. The maximum absolute atomic E-state index is 12.4. The number of pyridine rings is 1. The van der Waals surface area contributed by atoms with Crippen molar-refractivity contribution in [1.29, 1.82) is 0 Å². The van der Waals surface area contributed by atoms with E-state index in [9.17, 15) is 19.2 Å². The number of hydrogen-bond acceptors (Lipinski definition) is 6. The van der Waals surface area contributed by atoms with Gasteiger partial charge in [0.05, 0.1) is 18.0 Å². The topological polar surface area (TPSA) is 110 Å². The van der Waals surface area contributed by atoms with Crippen LogP contribution in [0.25, 0.3) is 0 Å². The minimum absolute atomic E-state index is 0.0179. The summed E-state index contributed by atoms with van der Waals surface area (Å²) in [6.45, 7) is 6.01. The lowest BCUT2D eigenvalue weighted by Gasteiger charge is -2.44. The molecule has 9 nitrogen and oxygen atoms in total. The van der Waals surface area contributed by atoms with Crippen LogP contribution in [-0.4, -0.2) is 48.6 Å². The Bertz CT molecular complexity index is 1140. The summed E-state index contributed by atoms with van der Waals surface area (Å²) < 4.78 is 6.67. The second-order valence-corrected chi connectivity index (χ2v) is 8.37. The maximum Gasteiger partial charge on any atom is 0.397 e. The van der Waals surface area contributed by atoms with Crippen LogP contribution in [0.15, 0.2) is 41.2 Å². The number of piperidine rings is 1. The Hall–Kier alpha value is -3.62. The lowest BCUT2D eigenvalue weighted by Crippen LogP contribution is -2.47. The summed E-state index contributed by atoms with van der Waals surface area (Å²) in [6.07, 6.45) is 0.988. The lowest BCUT2D eigenvalue weighted by molar-refractivity contribution is -0.152. The summed E-state index contributed by atoms with van der Waals surface area (Å²) in [6, 6.07) is 10.5. The summed E-state index contributed by atoms with van der Waals surface area (Å²) in [5.74, 6) is -1.69. The number of hydrogen-bond donors (Lipinski definition) is 2. The third-order valence-corrected chi connectivity index (χ3v) is 6.13. The van der Waals surface area contributed by atoms with Crippen molar-refractivity contribution in [2.45, 2.75) is 32.7 Å². The van der Waals surface area contributed by atoms with Crippen molar-refractivity contribution < 1.29 is 19.1 Å². The van der Waals surface area contributed by atoms with Crippen LogP contribution in [0.4, 0.5) is 11.4 Å². The molecule has 0 spiro atoms. The SMILES string of the molecule is CCNC(=O)c1ccc(N2C[C@H]3C[C@@H](C2)c2cccc(=O)n2C3)c(NC(=O)C(=O)OCC)c1. The first kappa shape index (κ1) is 22.6. The van der Waals surface area contributed by atoms with E-state index in [0.29, 0.717) is 37.4 Å². The molecule has 174 valence electrons. The van der Waals surface area contributed by atoms with Crippen LogP contribution in [0.1, 0.15) is 42.2 Å². The van der Waals surface area contributed by atoms with Crippen molar-refractivity contribution in [3.63, 3.8) is 0 Å². The number of carbonyl (C=O) groups is 3. The van der Waals surface area contributed by atoms with Crippen molar-refractivity contribution in [2.24, 2.45) is 5.92 Å². The number of fused-ring (bicyclic) bond motifs is 4. The molecule has 33 heavy (non-hydrogen) atoms. The maximum atomic E-state index is 12.4. The molecule has 3 heterocycles. The fraction of sp³-hybridized carbons (Fsp3) is 0.417. The van der Waals surface area contributed by atoms with Crippen LogP contribution >= 0.6 is 0 Å². The van der Waals surface area contributed by atoms with Gasteiger partial charge >= 0.3 is 11.9 Å². The molecule has 2 amide bonds. The molecule has 4 rings (SSSR count). The predicted molar refractivity (Wildman–Crippen MR) is 123 cm³/mol. The summed E-state index contributed by atoms with van der Waals surface area (Å²) in [4.78, 5) is 51.2. The highest BCUT2D eigenvalue weighted by Gasteiger charge is 2.35. The van der Waals surface area contributed by atoms with Gasteiger partial charge in [-0.1, -0.05) is 6.07 Å². The smallest absolute Gasteiger partial charge is 0.397 e. The van der Waals surface area contributed by atoms with E-state index in [1.807, 2.05) is 17.6 Å². The van der Waals surface area contributed by atoms with E-state index in [4.69, 9.17) is 4.74 Å². The fourth-order valence-electron chi connectivity index (χ4n) is 4.78. The third-order valence-electron chi connectivity index (χ3n) is 6.13. The monoisotopic (exact) mass is 452 g/mol. The molecule has 2 aliphatic heterocycles. The van der Waals surface area contributed by atoms with E-state index in [1.165, 1.54) is 0 Å². The highest BCUT2D eigenvalue weighted by Crippen LogP contribution is 2.39. The number of nitrogens with zero attached hydrogens (tertiary/aromatic N) is 2. The summed E-state index contributed by atoms with van der Waals surface area (Å²) in [5, 5.41) is 5.38. The minimum Gasteiger partial charge on any atom is -0.459 e. The Morgan fingerprint density at radius 2 is 1.91 bits per heavy atom. The van der Waals surface area contributed by atoms with Gasteiger partial charge in [0.25, 0.3) is 11.5 Å². The molecule has 1 fully saturated rings. The minimum atomic E-state index is -0.976. The summed E-state index contributed by atoms with van der Waals surface area (Å²) in [5.41, 5.74) is 2.52. The molecule has 9 heteroatoms. The summed E-state index contributed by atoms with van der Waals surface area (Å²) in [7, 11) is 0. The molecular formula is C24H28N4O5. The normalized spacial score (nSPS) is 18.8. The predicted octanol–water partition coefficient (Wildman–Crippen LogP) is 1.72. The number of aromatic nitrogens is 1. The molecular weight excluding hydrogens is 424 g/mol. The van der Waals surface area contributed by atoms with Crippen LogP contribution in [0.5, 0.6) is 0 Å². The van der Waals surface area contributed by atoms with Gasteiger partial charge in [0, 0.05) is 49.4 Å². The molecule has 0 saturated carbocycles. The number of anilines is 2. The molecule has 2 aliphatic rings. The number of carbonyl (C=O) groups excluding carboxylic acids is 3. The van der Waals surface area contributed by atoms with Gasteiger partial charge in [-0.15, -0.1) is 0 Å². The molecule has 1 aromatic carbocycles. The fourth-order valence-corrected chi connectivity index (χ4v) is 4.78. The van der Waals surface area contributed by atoms with Gasteiger partial charge in [-0.25, -0.2) is 4.79 Å². The van der Waals surface area contributed by atoms with Crippen LogP contribution in [0.3, 0.4) is 0 Å². The average Bonchev–Trinajstić information content (AvgIpc) is 2.80. The largest absolute Gasteiger partial charge is 0.459 e. The standard InChI is InChI=1S/C24H28N4O5/c1-3-25-22(30)16-8-9-20(18(11-16)26-23(31)24(32)33-4-2)27-12-15-10-17(14-27)19-6-5-7-21(29)28(19)13-15/h5-9,11,15,17H,3-4,10,12-14H2,1-2H3,(H,25,30)(H,26,31)/t15-,17+/m1/s1. The first-order chi connectivity index (χ1) is 15.9. The first-order valence-electron chi connectivity index (χ1n) is 11.3. The third kappa shape index (κ3) is 4.62. The van der Waals surface area contributed by atoms with Crippen molar-refractivity contribution in [3.8, 4) is 0 Å². The van der Waals surface area contributed by atoms with Gasteiger partial charge in [-0.2, -0.15) is 0 Å². The molecule has 1 aromatic heterocycles. The van der Waals surface area contributed by atoms with Gasteiger partial charge in [-0.05, 0) is 50.5 Å². The zero-order valence-electron chi connectivity index (χ0n) is 18.8. The number of benzene rings is 1. The van der Waals surface area contributed by atoms with Gasteiger partial charge in [0.2, 0.25) is 0 Å². The lowest BCUT2D eigenvalue weighted by atomic mass is 9.83. The van der Waals surface area contributed by atoms with E-state index in [-0.39, 0.29) is 29.9 Å². The molecule has 2 bridgehead atoms. The van der Waals surface area contributed by atoms with Crippen molar-refractivity contribution in [3.05, 3.63) is 58.0 Å². The molecule has 2 N–H and O–H groups in total. The van der Waals surface area contributed by atoms with Gasteiger partial charge < -0.3 is 24.8 Å². The number of ether oxygens (including phenoxy) is 1. The summed E-state index contributed by atoms with van der Waals surface area (Å²) >= 11 is 0. The van der Waals surface area contributed by atoms with E-state index in [0.717, 1.165) is 17.8 Å². The highest BCUT2D eigenvalue weighted by molar-refractivity contribution is 6.37. The molecule has 0 unspecified atom stereocenters. The Labute approximate surface area is 191 Å². The van der Waals surface area contributed by atoms with Crippen molar-refractivity contribution in [1.82, 2.24) is 9.88 Å². The van der Waals surface area contributed by atoms with E-state index < -0.39 is 11.9 Å². The van der Waals surface area contributed by atoms with E-state index >= 15 is 0 Å². The van der Waals surface area contributed by atoms with Crippen molar-refractivity contribution in [2.75, 3.05) is 36.5 Å². The molecule has 2 atom stereocenters. The number of nitrogens with one attached hydrogen (secondary N) is 2. The molecule has 2 aromatic rings. The second kappa shape index (κ2) is 9.48. The molecule has 0 radical (unpaired) electrons. The Balaban J connectivity index is 1.66. The number of rotatable bonds is 5. The molecule has 0 aliphatic carbocycles. The zero-order chi connectivity index (χ0) is 23.5. The Kier molecular flexibility index (Phi) is 6.48. The van der Waals surface area contributed by atoms with Gasteiger partial charge in [-0.3, -0.25) is 14.4 Å². The molecule has 1 saturated heterocycles. The van der Waals surface area contributed by atoms with E-state index in [2.05, 4.69) is 15.5 Å². The van der Waals surface area contributed by atoms with Gasteiger partial charge in [0.15, 0.2) is 0 Å². The average molecular weight is 453 g/mol. The van der Waals surface area contributed by atoms with Crippen LogP contribution in [0, 0.1) is 5.92 Å². The number of amides is 2. The van der Waals surface area contributed by atoms with Crippen LogP contribution in [0.2, 0.25) is 0 Å².